The number of nitrogens with zero attached hydrogens (tertiary/aromatic N) is 2. The molecule has 1 heterocycles. The molecule has 0 fully saturated rings. The summed E-state index contributed by atoms with van der Waals surface area (Å²) in [5, 5.41) is 2.80. The van der Waals surface area contributed by atoms with E-state index in [-0.39, 0.29) is 35.8 Å². The van der Waals surface area contributed by atoms with Crippen LogP contribution >= 0.6 is 0 Å². The lowest BCUT2D eigenvalue weighted by atomic mass is 10.1. The Balaban J connectivity index is 1.84. The summed E-state index contributed by atoms with van der Waals surface area (Å²) in [6.07, 6.45) is 1.18. The van der Waals surface area contributed by atoms with E-state index in [1.54, 1.807) is 23.1 Å². The molecule has 0 aliphatic carbocycles. The van der Waals surface area contributed by atoms with Gasteiger partial charge in [-0.15, -0.1) is 0 Å². The molecule has 8 heteroatoms. The van der Waals surface area contributed by atoms with Crippen LogP contribution in [0.25, 0.3) is 0 Å². The van der Waals surface area contributed by atoms with E-state index in [2.05, 4.69) is 5.32 Å². The van der Waals surface area contributed by atoms with E-state index in [9.17, 15) is 18.0 Å². The van der Waals surface area contributed by atoms with Gasteiger partial charge in [-0.2, -0.15) is 4.31 Å². The molecule has 1 unspecified atom stereocenters. The maximum Gasteiger partial charge on any atom is 0.243 e. The van der Waals surface area contributed by atoms with Crippen molar-refractivity contribution in [3.63, 3.8) is 0 Å². The first-order chi connectivity index (χ1) is 14.6. The van der Waals surface area contributed by atoms with E-state index in [0.29, 0.717) is 18.5 Å². The number of carbonyl (C=O) groups is 2. The van der Waals surface area contributed by atoms with Crippen LogP contribution in [0.15, 0.2) is 47.4 Å². The predicted molar refractivity (Wildman–Crippen MR) is 122 cm³/mol. The molecule has 0 radical (unpaired) electrons. The second-order valence-electron chi connectivity index (χ2n) is 7.93. The van der Waals surface area contributed by atoms with Gasteiger partial charge < -0.3 is 10.2 Å². The zero-order valence-corrected chi connectivity index (χ0v) is 19.2. The number of fused-ring (bicyclic) bond motifs is 1. The highest BCUT2D eigenvalue weighted by molar-refractivity contribution is 7.89. The van der Waals surface area contributed by atoms with Gasteiger partial charge in [-0.3, -0.25) is 9.59 Å². The summed E-state index contributed by atoms with van der Waals surface area (Å²) in [6, 6.07) is 12.2. The Kier molecular flexibility index (Phi) is 6.81. The molecule has 0 spiro atoms. The van der Waals surface area contributed by atoms with Crippen molar-refractivity contribution in [1.82, 2.24) is 4.31 Å². The second-order valence-corrected chi connectivity index (χ2v) is 9.87. The Morgan fingerprint density at radius 1 is 1.19 bits per heavy atom. The number of rotatable bonds is 7. The lowest BCUT2D eigenvalue weighted by Crippen LogP contribution is -2.38. The molecule has 31 heavy (non-hydrogen) atoms. The molecule has 1 aliphatic heterocycles. The fourth-order valence-corrected chi connectivity index (χ4v) is 5.53. The third kappa shape index (κ3) is 4.80. The van der Waals surface area contributed by atoms with E-state index in [1.807, 2.05) is 39.0 Å². The molecular weight excluding hydrogens is 414 g/mol. The molecule has 2 amide bonds. The Bertz CT molecular complexity index is 1100. The van der Waals surface area contributed by atoms with E-state index >= 15 is 0 Å². The van der Waals surface area contributed by atoms with Gasteiger partial charge in [0.15, 0.2) is 0 Å². The number of sulfonamides is 1. The van der Waals surface area contributed by atoms with Gasteiger partial charge in [-0.05, 0) is 62.1 Å². The molecule has 0 aromatic heterocycles. The Labute approximate surface area is 184 Å². The smallest absolute Gasteiger partial charge is 0.243 e. The van der Waals surface area contributed by atoms with Gasteiger partial charge in [-0.1, -0.05) is 25.1 Å². The fraction of sp³-hybridized carbons (Fsp3) is 0.391. The molecule has 1 N–H and O–H groups in total. The summed E-state index contributed by atoms with van der Waals surface area (Å²) in [5.74, 6) is -0.453. The minimum absolute atomic E-state index is 0.0166. The molecule has 1 aliphatic rings. The first-order valence-electron chi connectivity index (χ1n) is 10.4. The normalized spacial score (nSPS) is 15.8. The van der Waals surface area contributed by atoms with E-state index in [0.717, 1.165) is 16.8 Å². The minimum Gasteiger partial charge on any atom is -0.325 e. The number of hydrogen-bond donors (Lipinski definition) is 1. The summed E-state index contributed by atoms with van der Waals surface area (Å²) in [6.45, 7) is 7.16. The third-order valence-electron chi connectivity index (χ3n) is 5.46. The average molecular weight is 444 g/mol. The van der Waals surface area contributed by atoms with Crippen molar-refractivity contribution in [3.05, 3.63) is 53.6 Å². The van der Waals surface area contributed by atoms with Crippen LogP contribution in [-0.4, -0.2) is 43.7 Å². The number of hydrogen-bond acceptors (Lipinski definition) is 4. The quantitative estimate of drug-likeness (QED) is 0.711. The van der Waals surface area contributed by atoms with Crippen molar-refractivity contribution in [3.8, 4) is 0 Å². The van der Waals surface area contributed by atoms with Crippen LogP contribution in [0.2, 0.25) is 0 Å². The molecule has 3 rings (SSSR count). The Morgan fingerprint density at radius 3 is 2.55 bits per heavy atom. The van der Waals surface area contributed by atoms with Gasteiger partial charge >= 0.3 is 0 Å². The number of amides is 2. The fourth-order valence-electron chi connectivity index (χ4n) is 3.99. The molecule has 166 valence electrons. The van der Waals surface area contributed by atoms with Crippen LogP contribution in [0.5, 0.6) is 0 Å². The van der Waals surface area contributed by atoms with Crippen molar-refractivity contribution in [1.29, 1.82) is 0 Å². The highest BCUT2D eigenvalue weighted by Crippen LogP contribution is 2.34. The highest BCUT2D eigenvalue weighted by Gasteiger charge is 2.32. The minimum atomic E-state index is -3.87. The molecule has 7 nitrogen and oxygen atoms in total. The number of benzene rings is 2. The van der Waals surface area contributed by atoms with Crippen LogP contribution in [-0.2, 0) is 26.0 Å². The van der Waals surface area contributed by atoms with Crippen LogP contribution in [0.3, 0.4) is 0 Å². The van der Waals surface area contributed by atoms with Crippen LogP contribution in [0.4, 0.5) is 11.4 Å². The molecular formula is C23H29N3O4S. The first-order valence-corrected chi connectivity index (χ1v) is 11.9. The van der Waals surface area contributed by atoms with Crippen molar-refractivity contribution < 1.29 is 18.0 Å². The van der Waals surface area contributed by atoms with E-state index < -0.39 is 10.0 Å². The topological polar surface area (TPSA) is 86.8 Å². The van der Waals surface area contributed by atoms with Crippen LogP contribution < -0.4 is 10.2 Å². The molecule has 2 aromatic rings. The first kappa shape index (κ1) is 23.0. The van der Waals surface area contributed by atoms with Gasteiger partial charge in [-0.25, -0.2) is 8.42 Å². The van der Waals surface area contributed by atoms with Crippen molar-refractivity contribution in [2.75, 3.05) is 23.3 Å². The maximum atomic E-state index is 13.3. The third-order valence-corrected chi connectivity index (χ3v) is 7.30. The van der Waals surface area contributed by atoms with Gasteiger partial charge in [0, 0.05) is 30.9 Å². The highest BCUT2D eigenvalue weighted by atomic mass is 32.2. The van der Waals surface area contributed by atoms with Gasteiger partial charge in [0.2, 0.25) is 21.8 Å². The van der Waals surface area contributed by atoms with Crippen molar-refractivity contribution in [2.45, 2.75) is 51.5 Å². The summed E-state index contributed by atoms with van der Waals surface area (Å²) < 4.78 is 27.9. The largest absolute Gasteiger partial charge is 0.325 e. The molecule has 1 atom stereocenters. The number of anilines is 2. The summed E-state index contributed by atoms with van der Waals surface area (Å²) >= 11 is 0. The van der Waals surface area contributed by atoms with Crippen molar-refractivity contribution in [2.24, 2.45) is 0 Å². The lowest BCUT2D eigenvalue weighted by Gasteiger charge is -2.23. The lowest BCUT2D eigenvalue weighted by molar-refractivity contribution is -0.117. The number of para-hydroxylation sites is 1. The number of carbonyl (C=O) groups excluding carboxylic acids is 2. The SMILES string of the molecule is CCCN(CC(=O)Nc1ccccc1C)S(=O)(=O)c1ccc2c(c1)CC(C)N2C(C)=O. The van der Waals surface area contributed by atoms with Gasteiger partial charge in [0.25, 0.3) is 0 Å². The molecule has 2 aromatic carbocycles. The van der Waals surface area contributed by atoms with Crippen LogP contribution in [0.1, 0.15) is 38.3 Å². The Morgan fingerprint density at radius 2 is 1.90 bits per heavy atom. The second kappa shape index (κ2) is 9.20. The average Bonchev–Trinajstić information content (AvgIpc) is 3.04. The monoisotopic (exact) mass is 443 g/mol. The standard InChI is InChI=1S/C23H29N3O4S/c1-5-12-25(15-23(28)24-21-9-7-6-8-16(21)2)31(29,30)20-10-11-22-19(14-20)13-17(3)26(22)18(4)27/h6-11,14,17H,5,12-13,15H2,1-4H3,(H,24,28). The maximum absolute atomic E-state index is 13.3. The van der Waals surface area contributed by atoms with E-state index in [1.165, 1.54) is 17.3 Å². The molecule has 0 saturated heterocycles. The van der Waals surface area contributed by atoms with Gasteiger partial charge in [0.1, 0.15) is 0 Å². The van der Waals surface area contributed by atoms with E-state index in [4.69, 9.17) is 0 Å². The molecule has 0 bridgehead atoms. The predicted octanol–water partition coefficient (Wildman–Crippen LogP) is 3.33. The summed E-state index contributed by atoms with van der Waals surface area (Å²) in [4.78, 5) is 26.4. The Hall–Kier alpha value is -2.71. The number of nitrogens with one attached hydrogen (secondary N) is 1. The summed E-state index contributed by atoms with van der Waals surface area (Å²) in [7, 11) is -3.87. The zero-order valence-electron chi connectivity index (χ0n) is 18.4. The zero-order chi connectivity index (χ0) is 22.8. The van der Waals surface area contributed by atoms with Gasteiger partial charge in [0.05, 0.1) is 11.4 Å². The number of aryl methyl sites for hydroxylation is 1. The molecule has 0 saturated carbocycles. The van der Waals surface area contributed by atoms with Crippen molar-refractivity contribution >= 4 is 33.2 Å². The summed E-state index contributed by atoms with van der Waals surface area (Å²) in [5.41, 5.74) is 3.14. The van der Waals surface area contributed by atoms with Crippen LogP contribution in [0, 0.1) is 6.92 Å².